The Bertz CT molecular complexity index is 1450. The predicted octanol–water partition coefficient (Wildman–Crippen LogP) is 13.9. The first-order valence-electron chi connectivity index (χ1n) is 29.4. The number of hydrogen-bond acceptors (Lipinski definition) is 12. The summed E-state index contributed by atoms with van der Waals surface area (Å²) in [5, 5.41) is 50.4. The molecule has 0 amide bonds. The molecule has 14 heteroatoms. The first-order valence-corrected chi connectivity index (χ1v) is 30.9. The largest absolute Gasteiger partial charge is 0.472 e. The lowest BCUT2D eigenvalue weighted by Crippen LogP contribution is -2.64. The molecule has 0 aliphatic heterocycles. The van der Waals surface area contributed by atoms with Crippen LogP contribution in [0.3, 0.4) is 0 Å². The summed E-state index contributed by atoms with van der Waals surface area (Å²) >= 11 is 0. The van der Waals surface area contributed by atoms with Crippen molar-refractivity contribution in [3.8, 4) is 0 Å². The number of rotatable bonds is 50. The minimum Gasteiger partial charge on any atom is -0.462 e. The second kappa shape index (κ2) is 48.2. The van der Waals surface area contributed by atoms with E-state index in [4.69, 9.17) is 18.5 Å². The van der Waals surface area contributed by atoms with Crippen molar-refractivity contribution in [2.24, 2.45) is 0 Å². The molecular formula is C59H107O13P. The molecule has 0 saturated heterocycles. The molecule has 1 rings (SSSR count). The van der Waals surface area contributed by atoms with E-state index in [2.05, 4.69) is 50.3 Å². The van der Waals surface area contributed by atoms with E-state index in [0.29, 0.717) is 19.3 Å². The van der Waals surface area contributed by atoms with Gasteiger partial charge in [0.1, 0.15) is 43.2 Å². The summed E-state index contributed by atoms with van der Waals surface area (Å²) in [7, 11) is -5.14. The average molecular weight is 1060 g/mol. The molecule has 1 aliphatic carbocycles. The Labute approximate surface area is 443 Å². The van der Waals surface area contributed by atoms with Crippen molar-refractivity contribution < 1.29 is 63.1 Å². The van der Waals surface area contributed by atoms with Gasteiger partial charge in [-0.1, -0.05) is 242 Å². The highest BCUT2D eigenvalue weighted by Gasteiger charge is 2.51. The van der Waals surface area contributed by atoms with Crippen LogP contribution in [0.25, 0.3) is 0 Å². The lowest BCUT2D eigenvalue weighted by Gasteiger charge is -2.41. The lowest BCUT2D eigenvalue weighted by atomic mass is 9.85. The first-order chi connectivity index (χ1) is 35.4. The summed E-state index contributed by atoms with van der Waals surface area (Å²) in [5.74, 6) is -1.15. The molecule has 6 unspecified atom stereocenters. The Morgan fingerprint density at radius 1 is 0.425 bits per heavy atom. The highest BCUT2D eigenvalue weighted by Crippen LogP contribution is 2.47. The first kappa shape index (κ1) is 68.8. The molecule has 0 aromatic rings. The van der Waals surface area contributed by atoms with Gasteiger partial charge in [0.05, 0.1) is 6.61 Å². The third kappa shape index (κ3) is 39.8. The van der Waals surface area contributed by atoms with Crippen molar-refractivity contribution in [3.05, 3.63) is 48.6 Å². The third-order valence-electron chi connectivity index (χ3n) is 13.7. The van der Waals surface area contributed by atoms with Crippen LogP contribution in [0.5, 0.6) is 0 Å². The van der Waals surface area contributed by atoms with Crippen molar-refractivity contribution in [1.82, 2.24) is 0 Å². The minimum atomic E-state index is -5.14. The molecule has 0 bridgehead atoms. The van der Waals surface area contributed by atoms with Gasteiger partial charge in [-0.2, -0.15) is 0 Å². The smallest absolute Gasteiger partial charge is 0.462 e. The van der Waals surface area contributed by atoms with Gasteiger partial charge in [0.25, 0.3) is 0 Å². The Kier molecular flexibility index (Phi) is 45.4. The predicted molar refractivity (Wildman–Crippen MR) is 295 cm³/mol. The number of phosphoric ester groups is 1. The van der Waals surface area contributed by atoms with Gasteiger partial charge in [-0.05, 0) is 51.4 Å². The van der Waals surface area contributed by atoms with Crippen LogP contribution >= 0.6 is 7.82 Å². The van der Waals surface area contributed by atoms with Gasteiger partial charge in [0.15, 0.2) is 6.10 Å². The molecule has 13 nitrogen and oxygen atoms in total. The fourth-order valence-electron chi connectivity index (χ4n) is 8.99. The molecule has 426 valence electrons. The maximum Gasteiger partial charge on any atom is 0.472 e. The molecule has 8 atom stereocenters. The van der Waals surface area contributed by atoms with Gasteiger partial charge in [-0.15, -0.1) is 0 Å². The van der Waals surface area contributed by atoms with Gasteiger partial charge >= 0.3 is 19.8 Å². The van der Waals surface area contributed by atoms with Crippen molar-refractivity contribution in [2.75, 3.05) is 13.2 Å². The molecule has 1 fully saturated rings. The van der Waals surface area contributed by atoms with E-state index in [1.165, 1.54) is 167 Å². The SMILES string of the molecule is CCCCCCCCC/C=C/C/C=C/C/C=C/C/C=C/CCCC(=O)O[C@@H](COC(=O)CCCCCCCCCCCCCCCCCCCCCCCCC)COP(=O)(O)OC1C(O)C(O)C(O)[C@H](O)C1O. The van der Waals surface area contributed by atoms with E-state index in [1.807, 2.05) is 12.2 Å². The number of ether oxygens (including phenoxy) is 2. The Balaban J connectivity index is 2.36. The number of aliphatic hydroxyl groups excluding tert-OH is 5. The Morgan fingerprint density at radius 3 is 1.16 bits per heavy atom. The maximum atomic E-state index is 12.9. The summed E-state index contributed by atoms with van der Waals surface area (Å²) in [6.45, 7) is 3.31. The number of allylic oxidation sites excluding steroid dienone is 8. The summed E-state index contributed by atoms with van der Waals surface area (Å²) in [4.78, 5) is 35.9. The van der Waals surface area contributed by atoms with E-state index in [-0.39, 0.29) is 12.8 Å². The van der Waals surface area contributed by atoms with Crippen LogP contribution in [0.4, 0.5) is 0 Å². The number of unbranched alkanes of at least 4 members (excludes halogenated alkanes) is 30. The molecule has 0 spiro atoms. The van der Waals surface area contributed by atoms with Gasteiger partial charge in [0, 0.05) is 12.8 Å². The second-order valence-corrected chi connectivity index (χ2v) is 21.9. The Hall–Kier alpha value is -2.19. The normalized spacial score (nSPS) is 20.7. The van der Waals surface area contributed by atoms with Crippen LogP contribution in [0, 0.1) is 0 Å². The topological polar surface area (TPSA) is 210 Å². The zero-order chi connectivity index (χ0) is 53.5. The average Bonchev–Trinajstić information content (AvgIpc) is 3.37. The second-order valence-electron chi connectivity index (χ2n) is 20.5. The molecule has 0 heterocycles. The van der Waals surface area contributed by atoms with Crippen molar-refractivity contribution in [2.45, 2.75) is 301 Å². The molecule has 0 aromatic carbocycles. The molecule has 73 heavy (non-hydrogen) atoms. The zero-order valence-electron chi connectivity index (χ0n) is 45.9. The molecule has 0 aromatic heterocycles. The van der Waals surface area contributed by atoms with Crippen LogP contribution in [0.15, 0.2) is 48.6 Å². The zero-order valence-corrected chi connectivity index (χ0v) is 46.8. The summed E-state index contributed by atoms with van der Waals surface area (Å²) in [5.41, 5.74) is 0. The van der Waals surface area contributed by atoms with Crippen molar-refractivity contribution in [1.29, 1.82) is 0 Å². The van der Waals surface area contributed by atoms with Crippen LogP contribution in [-0.2, 0) is 32.7 Å². The number of carbonyl (C=O) groups is 2. The summed E-state index contributed by atoms with van der Waals surface area (Å²) < 4.78 is 33.7. The van der Waals surface area contributed by atoms with Crippen LogP contribution in [0.1, 0.15) is 258 Å². The van der Waals surface area contributed by atoms with Gasteiger partial charge in [-0.3, -0.25) is 18.6 Å². The minimum absolute atomic E-state index is 0.0221. The van der Waals surface area contributed by atoms with Crippen LogP contribution in [0.2, 0.25) is 0 Å². The number of carbonyl (C=O) groups excluding carboxylic acids is 2. The molecule has 1 aliphatic rings. The van der Waals surface area contributed by atoms with E-state index < -0.39 is 75.7 Å². The van der Waals surface area contributed by atoms with Gasteiger partial charge in [0.2, 0.25) is 0 Å². The summed E-state index contributed by atoms with van der Waals surface area (Å²) in [6, 6.07) is 0. The van der Waals surface area contributed by atoms with Crippen molar-refractivity contribution >= 4 is 19.8 Å². The molecule has 6 N–H and O–H groups in total. The molecule has 1 saturated carbocycles. The van der Waals surface area contributed by atoms with E-state index in [1.54, 1.807) is 0 Å². The van der Waals surface area contributed by atoms with Crippen LogP contribution in [-0.4, -0.2) is 98.3 Å². The lowest BCUT2D eigenvalue weighted by molar-refractivity contribution is -0.220. The quantitative estimate of drug-likeness (QED) is 0.0145. The number of aliphatic hydroxyl groups is 5. The highest BCUT2D eigenvalue weighted by molar-refractivity contribution is 7.47. The van der Waals surface area contributed by atoms with E-state index in [0.717, 1.165) is 44.9 Å². The third-order valence-corrected chi connectivity index (χ3v) is 14.7. The monoisotopic (exact) mass is 1050 g/mol. The van der Waals surface area contributed by atoms with E-state index >= 15 is 0 Å². The molecule has 0 radical (unpaired) electrons. The number of esters is 2. The fraction of sp³-hybridized carbons (Fsp3) is 0.831. The van der Waals surface area contributed by atoms with Gasteiger partial charge < -0.3 is 39.9 Å². The summed E-state index contributed by atoms with van der Waals surface area (Å²) in [6.07, 6.45) is 47.4. The highest BCUT2D eigenvalue weighted by atomic mass is 31.2. The number of hydrogen-bond donors (Lipinski definition) is 6. The maximum absolute atomic E-state index is 12.9. The van der Waals surface area contributed by atoms with Crippen molar-refractivity contribution in [3.63, 3.8) is 0 Å². The van der Waals surface area contributed by atoms with Gasteiger partial charge in [-0.25, -0.2) is 4.57 Å². The van der Waals surface area contributed by atoms with E-state index in [9.17, 15) is 44.6 Å². The van der Waals surface area contributed by atoms with Crippen LogP contribution < -0.4 is 0 Å². The standard InChI is InChI=1S/C59H107O13P/c1-3-5-7-9-11-13-15-17-19-21-23-25-26-28-29-31-33-35-37-39-41-43-45-47-52(60)69-49-51(50-70-73(67,68)72-59-57(65)55(63)54(62)56(64)58(59)66)71-53(61)48-46-44-42-40-38-36-34-32-30-27-24-22-20-18-16-14-12-10-8-6-4-2/h20,22,27,30,34,36,40,42,51,54-59,62-66H,3-19,21,23-26,28-29,31-33,35,37-39,41,43-50H2,1-2H3,(H,67,68)/b22-20+,30-27+,36-34+,42-40+/t51-,54?,55-,56?,57?,58?,59?/m0/s1. The number of phosphoric acid groups is 1. The Morgan fingerprint density at radius 2 is 0.753 bits per heavy atom. The molecular weight excluding hydrogens is 948 g/mol. The fourth-order valence-corrected chi connectivity index (χ4v) is 9.96.